The number of aryl methyl sites for hydroxylation is 1. The van der Waals surface area contributed by atoms with Gasteiger partial charge in [0.05, 0.1) is 16.6 Å². The van der Waals surface area contributed by atoms with E-state index >= 15 is 0 Å². The Morgan fingerprint density at radius 3 is 2.67 bits per heavy atom. The van der Waals surface area contributed by atoms with E-state index in [-0.39, 0.29) is 6.42 Å². The molecule has 0 amide bonds. The molecule has 1 saturated heterocycles. The minimum Gasteiger partial charge on any atom is -0.481 e. The third-order valence-corrected chi connectivity index (χ3v) is 7.32. The van der Waals surface area contributed by atoms with Gasteiger partial charge in [-0.15, -0.1) is 11.3 Å². The molecule has 1 aliphatic rings. The van der Waals surface area contributed by atoms with Crippen LogP contribution in [0.2, 0.25) is 5.02 Å². The zero-order chi connectivity index (χ0) is 22.9. The molecule has 168 valence electrons. The molecule has 8 heteroatoms. The fraction of sp³-hybridized carbons (Fsp3) is 0.280. The number of ether oxygens (including phenoxy) is 1. The third kappa shape index (κ3) is 4.49. The standard InChI is InChI=1S/C25H22ClN3O3S/c1-14-12-20-23(22(18(14)13-21(30)31)15-2-4-17(26)5-3-15)33-25(29-20)19-6-9-27-24(28-19)16-7-10-32-11-8-16/h2-6,9,12,16H,7-8,10-11,13H2,1H3,(H,30,31). The first kappa shape index (κ1) is 21.9. The van der Waals surface area contributed by atoms with Crippen LogP contribution in [0.25, 0.3) is 32.0 Å². The number of benzene rings is 2. The number of nitrogens with zero attached hydrogens (tertiary/aromatic N) is 3. The topological polar surface area (TPSA) is 85.2 Å². The summed E-state index contributed by atoms with van der Waals surface area (Å²) in [6, 6.07) is 11.3. The summed E-state index contributed by atoms with van der Waals surface area (Å²) in [5, 5.41) is 11.0. The molecule has 0 radical (unpaired) electrons. The Balaban J connectivity index is 1.65. The molecule has 0 spiro atoms. The summed E-state index contributed by atoms with van der Waals surface area (Å²) in [6.07, 6.45) is 3.57. The second-order valence-electron chi connectivity index (χ2n) is 8.18. The van der Waals surface area contributed by atoms with Crippen LogP contribution in [0.5, 0.6) is 0 Å². The van der Waals surface area contributed by atoms with Gasteiger partial charge in [0.1, 0.15) is 16.5 Å². The molecule has 0 atom stereocenters. The average Bonchev–Trinajstić information content (AvgIpc) is 3.24. The van der Waals surface area contributed by atoms with E-state index in [1.807, 2.05) is 43.3 Å². The molecule has 1 fully saturated rings. The van der Waals surface area contributed by atoms with Crippen molar-refractivity contribution in [1.29, 1.82) is 0 Å². The number of halogens is 1. The number of hydrogen-bond donors (Lipinski definition) is 1. The second kappa shape index (κ2) is 9.17. The van der Waals surface area contributed by atoms with Crippen molar-refractivity contribution in [2.75, 3.05) is 13.2 Å². The van der Waals surface area contributed by atoms with E-state index in [0.29, 0.717) is 10.9 Å². The van der Waals surface area contributed by atoms with Gasteiger partial charge in [-0.1, -0.05) is 23.7 Å². The molecule has 4 aromatic rings. The number of fused-ring (bicyclic) bond motifs is 1. The fourth-order valence-corrected chi connectivity index (χ4v) is 5.52. The molecule has 0 saturated carbocycles. The van der Waals surface area contributed by atoms with E-state index in [0.717, 1.165) is 75.1 Å². The van der Waals surface area contributed by atoms with Crippen molar-refractivity contribution in [3.63, 3.8) is 0 Å². The SMILES string of the molecule is Cc1cc2nc(-c3ccnc(C4CCOCC4)n3)sc2c(-c2ccc(Cl)cc2)c1CC(=O)O. The number of carbonyl (C=O) groups is 1. The van der Waals surface area contributed by atoms with Crippen molar-refractivity contribution in [2.45, 2.75) is 32.1 Å². The van der Waals surface area contributed by atoms with Crippen molar-refractivity contribution in [1.82, 2.24) is 15.0 Å². The number of carboxylic acids is 1. The summed E-state index contributed by atoms with van der Waals surface area (Å²) in [5.41, 5.74) is 5.12. The summed E-state index contributed by atoms with van der Waals surface area (Å²) in [4.78, 5) is 25.9. The van der Waals surface area contributed by atoms with Gasteiger partial charge in [0.2, 0.25) is 0 Å². The summed E-state index contributed by atoms with van der Waals surface area (Å²) in [5.74, 6) is 0.257. The predicted octanol–water partition coefficient (Wildman–Crippen LogP) is 5.90. The highest BCUT2D eigenvalue weighted by molar-refractivity contribution is 7.22. The molecule has 5 rings (SSSR count). The zero-order valence-corrected chi connectivity index (χ0v) is 19.6. The van der Waals surface area contributed by atoms with Crippen LogP contribution in [0.15, 0.2) is 42.6 Å². The first-order valence-corrected chi connectivity index (χ1v) is 12.0. The minimum absolute atomic E-state index is 0.0611. The molecular weight excluding hydrogens is 458 g/mol. The lowest BCUT2D eigenvalue weighted by Crippen LogP contribution is -2.16. The Bertz CT molecular complexity index is 1330. The maximum atomic E-state index is 11.6. The molecular formula is C25H22ClN3O3S. The fourth-order valence-electron chi connectivity index (χ4n) is 4.29. The van der Waals surface area contributed by atoms with E-state index in [2.05, 4.69) is 4.98 Å². The Labute approximate surface area is 200 Å². The van der Waals surface area contributed by atoms with Gasteiger partial charge in [-0.3, -0.25) is 4.79 Å². The van der Waals surface area contributed by atoms with Gasteiger partial charge in [0, 0.05) is 35.9 Å². The normalized spacial score (nSPS) is 14.6. The van der Waals surface area contributed by atoms with E-state index in [1.165, 1.54) is 11.3 Å². The summed E-state index contributed by atoms with van der Waals surface area (Å²) in [6.45, 7) is 3.40. The molecule has 33 heavy (non-hydrogen) atoms. The van der Waals surface area contributed by atoms with Crippen molar-refractivity contribution in [3.8, 4) is 21.8 Å². The van der Waals surface area contributed by atoms with E-state index in [4.69, 9.17) is 26.3 Å². The summed E-state index contributed by atoms with van der Waals surface area (Å²) < 4.78 is 6.42. The number of aliphatic carboxylic acids is 1. The average molecular weight is 480 g/mol. The van der Waals surface area contributed by atoms with Crippen molar-refractivity contribution in [3.05, 3.63) is 64.6 Å². The van der Waals surface area contributed by atoms with Gasteiger partial charge in [-0.25, -0.2) is 15.0 Å². The number of aromatic nitrogens is 3. The minimum atomic E-state index is -0.866. The molecule has 0 aliphatic carbocycles. The second-order valence-corrected chi connectivity index (χ2v) is 9.61. The van der Waals surface area contributed by atoms with Crippen LogP contribution < -0.4 is 0 Å². The van der Waals surface area contributed by atoms with Crippen LogP contribution in [0.3, 0.4) is 0 Å². The van der Waals surface area contributed by atoms with Crippen molar-refractivity contribution in [2.24, 2.45) is 0 Å². The molecule has 0 unspecified atom stereocenters. The Morgan fingerprint density at radius 1 is 1.18 bits per heavy atom. The highest BCUT2D eigenvalue weighted by Crippen LogP contribution is 2.41. The molecule has 6 nitrogen and oxygen atoms in total. The molecule has 2 aromatic carbocycles. The lowest BCUT2D eigenvalue weighted by Gasteiger charge is -2.20. The van der Waals surface area contributed by atoms with Gasteiger partial charge in [-0.2, -0.15) is 0 Å². The van der Waals surface area contributed by atoms with Gasteiger partial charge < -0.3 is 9.84 Å². The summed E-state index contributed by atoms with van der Waals surface area (Å²) in [7, 11) is 0. The first-order chi connectivity index (χ1) is 16.0. The lowest BCUT2D eigenvalue weighted by atomic mass is 9.93. The number of thiazole rings is 1. The largest absolute Gasteiger partial charge is 0.481 e. The number of carboxylic acid groups (broad SMARTS) is 1. The van der Waals surface area contributed by atoms with Gasteiger partial charge in [-0.05, 0) is 60.7 Å². The first-order valence-electron chi connectivity index (χ1n) is 10.8. The van der Waals surface area contributed by atoms with Crippen LogP contribution in [0.1, 0.15) is 35.7 Å². The highest BCUT2D eigenvalue weighted by atomic mass is 35.5. The smallest absolute Gasteiger partial charge is 0.307 e. The van der Waals surface area contributed by atoms with Gasteiger partial charge in [0.15, 0.2) is 0 Å². The van der Waals surface area contributed by atoms with Crippen molar-refractivity contribution < 1.29 is 14.6 Å². The van der Waals surface area contributed by atoms with Crippen LogP contribution in [0, 0.1) is 6.92 Å². The Hall–Kier alpha value is -2.87. The van der Waals surface area contributed by atoms with Crippen LogP contribution in [-0.2, 0) is 16.0 Å². The number of hydrogen-bond acceptors (Lipinski definition) is 6. The maximum absolute atomic E-state index is 11.6. The van der Waals surface area contributed by atoms with E-state index < -0.39 is 5.97 Å². The van der Waals surface area contributed by atoms with Crippen LogP contribution in [-0.4, -0.2) is 39.2 Å². The van der Waals surface area contributed by atoms with Gasteiger partial charge in [0.25, 0.3) is 0 Å². The predicted molar refractivity (Wildman–Crippen MR) is 130 cm³/mol. The zero-order valence-electron chi connectivity index (χ0n) is 18.0. The van der Waals surface area contributed by atoms with Crippen LogP contribution in [0.4, 0.5) is 0 Å². The Morgan fingerprint density at radius 2 is 1.94 bits per heavy atom. The molecule has 1 aliphatic heterocycles. The molecule has 0 bridgehead atoms. The van der Waals surface area contributed by atoms with E-state index in [1.54, 1.807) is 6.20 Å². The monoisotopic (exact) mass is 479 g/mol. The third-order valence-electron chi connectivity index (χ3n) is 5.95. The van der Waals surface area contributed by atoms with Crippen molar-refractivity contribution >= 4 is 39.1 Å². The van der Waals surface area contributed by atoms with E-state index in [9.17, 15) is 9.90 Å². The Kier molecular flexibility index (Phi) is 6.10. The molecule has 1 N–H and O–H groups in total. The lowest BCUT2D eigenvalue weighted by molar-refractivity contribution is -0.136. The highest BCUT2D eigenvalue weighted by Gasteiger charge is 2.22. The van der Waals surface area contributed by atoms with Crippen LogP contribution >= 0.6 is 22.9 Å². The molecule has 2 aromatic heterocycles. The summed E-state index contributed by atoms with van der Waals surface area (Å²) >= 11 is 7.64. The number of rotatable bonds is 5. The quantitative estimate of drug-likeness (QED) is 0.383. The van der Waals surface area contributed by atoms with Gasteiger partial charge >= 0.3 is 5.97 Å². The molecule has 3 heterocycles. The maximum Gasteiger partial charge on any atom is 0.307 e.